The zero-order valence-electron chi connectivity index (χ0n) is 12.4. The Morgan fingerprint density at radius 2 is 2.13 bits per heavy atom. The number of nitrogens with one attached hydrogen (secondary N) is 1. The maximum absolute atomic E-state index is 12.5. The normalized spacial score (nSPS) is 21.4. The molecule has 1 fully saturated rings. The third-order valence-electron chi connectivity index (χ3n) is 4.19. The number of aromatic amines is 1. The zero-order chi connectivity index (χ0) is 16.4. The van der Waals surface area contributed by atoms with Crippen LogP contribution in [0.2, 0.25) is 0 Å². The van der Waals surface area contributed by atoms with E-state index in [9.17, 15) is 9.90 Å². The largest absolute Gasteiger partial charge is 0.396 e. The van der Waals surface area contributed by atoms with E-state index in [-0.39, 0.29) is 25.0 Å². The van der Waals surface area contributed by atoms with Gasteiger partial charge < -0.3 is 15.1 Å². The minimum atomic E-state index is -0.688. The van der Waals surface area contributed by atoms with Crippen LogP contribution in [0.4, 0.5) is 0 Å². The Labute approximate surface area is 142 Å². The number of halogens is 1. The Morgan fingerprint density at radius 3 is 2.78 bits per heavy atom. The number of amides is 1. The van der Waals surface area contributed by atoms with Gasteiger partial charge in [-0.25, -0.2) is 0 Å². The average Bonchev–Trinajstić information content (AvgIpc) is 3.04. The van der Waals surface area contributed by atoms with Crippen molar-refractivity contribution in [2.24, 2.45) is 5.92 Å². The summed E-state index contributed by atoms with van der Waals surface area (Å²) in [4.78, 5) is 14.1. The second kappa shape index (κ2) is 6.82. The van der Waals surface area contributed by atoms with E-state index >= 15 is 0 Å². The topological polar surface area (TPSA) is 89.5 Å². The first-order valence-corrected chi connectivity index (χ1v) is 8.27. The van der Waals surface area contributed by atoms with Crippen molar-refractivity contribution < 1.29 is 15.0 Å². The Morgan fingerprint density at radius 1 is 1.39 bits per heavy atom. The van der Waals surface area contributed by atoms with Crippen LogP contribution < -0.4 is 0 Å². The van der Waals surface area contributed by atoms with Crippen LogP contribution in [0.15, 0.2) is 34.8 Å². The number of rotatable bonds is 3. The summed E-state index contributed by atoms with van der Waals surface area (Å²) in [5.41, 5.74) is 2.02. The predicted molar refractivity (Wildman–Crippen MR) is 88.8 cm³/mol. The lowest BCUT2D eigenvalue weighted by molar-refractivity contribution is 0.000657. The van der Waals surface area contributed by atoms with Crippen molar-refractivity contribution in [1.29, 1.82) is 0 Å². The number of benzene rings is 1. The summed E-state index contributed by atoms with van der Waals surface area (Å²) in [5, 5.41) is 26.1. The van der Waals surface area contributed by atoms with E-state index in [1.165, 1.54) is 0 Å². The summed E-state index contributed by atoms with van der Waals surface area (Å²) < 4.78 is 0.980. The molecule has 0 aliphatic carbocycles. The SMILES string of the molecule is O=C(c1cc(-c2ccc(Br)cc2)n[nH]1)N1CC[C@@H](CO)[C@H](O)C1. The highest BCUT2D eigenvalue weighted by atomic mass is 79.9. The molecule has 3 N–H and O–H groups in total. The van der Waals surface area contributed by atoms with Crippen molar-refractivity contribution in [1.82, 2.24) is 15.1 Å². The molecule has 6 nitrogen and oxygen atoms in total. The van der Waals surface area contributed by atoms with Crippen LogP contribution in [-0.2, 0) is 0 Å². The minimum absolute atomic E-state index is 0.0546. The fourth-order valence-electron chi connectivity index (χ4n) is 2.75. The van der Waals surface area contributed by atoms with Gasteiger partial charge in [-0.1, -0.05) is 28.1 Å². The summed E-state index contributed by atoms with van der Waals surface area (Å²) >= 11 is 3.38. The van der Waals surface area contributed by atoms with Gasteiger partial charge in [0.25, 0.3) is 5.91 Å². The number of hydrogen-bond acceptors (Lipinski definition) is 4. The molecule has 122 valence electrons. The summed E-state index contributed by atoms with van der Waals surface area (Å²) in [6.45, 7) is 0.700. The molecular formula is C16H18BrN3O3. The highest BCUT2D eigenvalue weighted by molar-refractivity contribution is 9.10. The summed E-state index contributed by atoms with van der Waals surface area (Å²) in [7, 11) is 0. The molecule has 0 radical (unpaired) electrons. The van der Waals surface area contributed by atoms with E-state index in [0.29, 0.717) is 24.4 Å². The maximum atomic E-state index is 12.5. The molecule has 2 heterocycles. The monoisotopic (exact) mass is 379 g/mol. The van der Waals surface area contributed by atoms with Gasteiger partial charge in [-0.3, -0.25) is 9.89 Å². The van der Waals surface area contributed by atoms with Crippen LogP contribution in [0.1, 0.15) is 16.9 Å². The van der Waals surface area contributed by atoms with Gasteiger partial charge in [0.1, 0.15) is 5.69 Å². The van der Waals surface area contributed by atoms with Crippen LogP contribution in [-0.4, -0.2) is 57.0 Å². The van der Waals surface area contributed by atoms with Crippen molar-refractivity contribution >= 4 is 21.8 Å². The number of likely N-dealkylation sites (tertiary alicyclic amines) is 1. The Bertz CT molecular complexity index is 686. The number of aliphatic hydroxyl groups is 2. The van der Waals surface area contributed by atoms with Crippen LogP contribution >= 0.6 is 15.9 Å². The van der Waals surface area contributed by atoms with Gasteiger partial charge in [-0.05, 0) is 24.6 Å². The molecule has 3 rings (SSSR count). The smallest absolute Gasteiger partial charge is 0.271 e. The van der Waals surface area contributed by atoms with Crippen LogP contribution in [0.3, 0.4) is 0 Å². The fraction of sp³-hybridized carbons (Fsp3) is 0.375. The molecule has 1 aliphatic heterocycles. The van der Waals surface area contributed by atoms with Gasteiger partial charge in [0, 0.05) is 35.7 Å². The van der Waals surface area contributed by atoms with E-state index in [4.69, 9.17) is 5.11 Å². The summed E-state index contributed by atoms with van der Waals surface area (Å²) in [6, 6.07) is 9.40. The maximum Gasteiger partial charge on any atom is 0.271 e. The lowest BCUT2D eigenvalue weighted by Crippen LogP contribution is -2.47. The highest BCUT2D eigenvalue weighted by Crippen LogP contribution is 2.22. The third-order valence-corrected chi connectivity index (χ3v) is 4.72. The second-order valence-electron chi connectivity index (χ2n) is 5.72. The molecule has 2 atom stereocenters. The third kappa shape index (κ3) is 3.46. The molecule has 7 heteroatoms. The first kappa shape index (κ1) is 16.2. The van der Waals surface area contributed by atoms with E-state index in [2.05, 4.69) is 26.1 Å². The van der Waals surface area contributed by atoms with Crippen molar-refractivity contribution in [3.05, 3.63) is 40.5 Å². The number of aromatic nitrogens is 2. The van der Waals surface area contributed by atoms with Crippen molar-refractivity contribution in [3.63, 3.8) is 0 Å². The number of hydrogen-bond donors (Lipinski definition) is 3. The number of β-amino-alcohol motifs (C(OH)–C–C–N with tert-alkyl or cyclic N) is 1. The number of aliphatic hydroxyl groups excluding tert-OH is 2. The minimum Gasteiger partial charge on any atom is -0.396 e. The Balaban J connectivity index is 1.73. The zero-order valence-corrected chi connectivity index (χ0v) is 14.0. The number of piperidine rings is 1. The molecule has 1 aromatic heterocycles. The molecule has 2 aromatic rings. The number of H-pyrrole nitrogens is 1. The molecule has 0 saturated carbocycles. The highest BCUT2D eigenvalue weighted by Gasteiger charge is 2.30. The lowest BCUT2D eigenvalue weighted by Gasteiger charge is -2.34. The first-order chi connectivity index (χ1) is 11.1. The molecule has 0 bridgehead atoms. The molecule has 0 spiro atoms. The molecule has 1 amide bonds. The van der Waals surface area contributed by atoms with Gasteiger partial charge in [0.2, 0.25) is 0 Å². The number of nitrogens with zero attached hydrogens (tertiary/aromatic N) is 2. The first-order valence-electron chi connectivity index (χ1n) is 7.48. The van der Waals surface area contributed by atoms with Gasteiger partial charge in [-0.15, -0.1) is 0 Å². The molecule has 1 saturated heterocycles. The molecule has 0 unspecified atom stereocenters. The lowest BCUT2D eigenvalue weighted by atomic mass is 9.94. The molecule has 23 heavy (non-hydrogen) atoms. The van der Waals surface area contributed by atoms with Crippen molar-refractivity contribution in [3.8, 4) is 11.3 Å². The second-order valence-corrected chi connectivity index (χ2v) is 6.64. The quantitative estimate of drug-likeness (QED) is 0.756. The van der Waals surface area contributed by atoms with E-state index in [1.807, 2.05) is 24.3 Å². The van der Waals surface area contributed by atoms with E-state index in [0.717, 1.165) is 10.0 Å². The van der Waals surface area contributed by atoms with Gasteiger partial charge >= 0.3 is 0 Å². The average molecular weight is 380 g/mol. The fourth-order valence-corrected chi connectivity index (χ4v) is 3.01. The predicted octanol–water partition coefficient (Wildman–Crippen LogP) is 1.65. The Kier molecular flexibility index (Phi) is 4.79. The van der Waals surface area contributed by atoms with Crippen molar-refractivity contribution in [2.45, 2.75) is 12.5 Å². The Hall–Kier alpha value is -1.70. The number of carbonyl (C=O) groups is 1. The molecule has 1 aromatic carbocycles. The number of carbonyl (C=O) groups excluding carboxylic acids is 1. The van der Waals surface area contributed by atoms with Gasteiger partial charge in [0.05, 0.1) is 11.8 Å². The summed E-state index contributed by atoms with van der Waals surface area (Å²) in [6.07, 6.45) is -0.0940. The van der Waals surface area contributed by atoms with E-state index in [1.54, 1.807) is 11.0 Å². The van der Waals surface area contributed by atoms with Gasteiger partial charge in [-0.2, -0.15) is 5.10 Å². The van der Waals surface area contributed by atoms with Crippen LogP contribution in [0.25, 0.3) is 11.3 Å². The van der Waals surface area contributed by atoms with Crippen LogP contribution in [0.5, 0.6) is 0 Å². The van der Waals surface area contributed by atoms with Crippen molar-refractivity contribution in [2.75, 3.05) is 19.7 Å². The van der Waals surface area contributed by atoms with Gasteiger partial charge in [0.15, 0.2) is 0 Å². The molecular weight excluding hydrogens is 362 g/mol. The van der Waals surface area contributed by atoms with E-state index < -0.39 is 6.10 Å². The standard InChI is InChI=1S/C16H18BrN3O3/c17-12-3-1-10(2-4-12)13-7-14(19-18-13)16(23)20-6-5-11(9-21)15(22)8-20/h1-4,7,11,15,21-22H,5-6,8-9H2,(H,18,19)/t11-,15+/m0/s1. The summed E-state index contributed by atoms with van der Waals surface area (Å²) in [5.74, 6) is -0.338. The molecule has 1 aliphatic rings. The van der Waals surface area contributed by atoms with Crippen LogP contribution in [0, 0.1) is 5.92 Å².